The molecule has 1 saturated heterocycles. The van der Waals surface area contributed by atoms with Crippen molar-refractivity contribution in [2.75, 3.05) is 32.7 Å². The highest BCUT2D eigenvalue weighted by atomic mass is 19.1. The van der Waals surface area contributed by atoms with Gasteiger partial charge in [0.2, 0.25) is 0 Å². The minimum absolute atomic E-state index is 0.0767. The zero-order valence-electron chi connectivity index (χ0n) is 13.1. The fourth-order valence-electron chi connectivity index (χ4n) is 2.91. The Morgan fingerprint density at radius 1 is 0.957 bits per heavy atom. The Bertz CT molecular complexity index is 651. The summed E-state index contributed by atoms with van der Waals surface area (Å²) in [6, 6.07) is 16.4. The summed E-state index contributed by atoms with van der Waals surface area (Å²) >= 11 is 0. The van der Waals surface area contributed by atoms with Gasteiger partial charge < -0.3 is 4.90 Å². The van der Waals surface area contributed by atoms with Crippen molar-refractivity contribution in [1.82, 2.24) is 9.80 Å². The van der Waals surface area contributed by atoms with Crippen LogP contribution in [0.25, 0.3) is 0 Å². The number of hydrogen-bond donors (Lipinski definition) is 0. The molecule has 0 aromatic heterocycles. The van der Waals surface area contributed by atoms with Crippen molar-refractivity contribution in [2.24, 2.45) is 0 Å². The fraction of sp³-hybridized carbons (Fsp3) is 0.316. The van der Waals surface area contributed by atoms with Gasteiger partial charge in [-0.3, -0.25) is 9.69 Å². The smallest absolute Gasteiger partial charge is 0.254 e. The minimum Gasteiger partial charge on any atom is -0.336 e. The van der Waals surface area contributed by atoms with E-state index >= 15 is 0 Å². The van der Waals surface area contributed by atoms with Crippen molar-refractivity contribution in [3.8, 4) is 0 Å². The molecular formula is C19H21FN2O. The van der Waals surface area contributed by atoms with E-state index in [1.807, 2.05) is 11.0 Å². The second-order valence-electron chi connectivity index (χ2n) is 5.88. The van der Waals surface area contributed by atoms with E-state index in [0.717, 1.165) is 26.1 Å². The van der Waals surface area contributed by atoms with Gasteiger partial charge >= 0.3 is 0 Å². The van der Waals surface area contributed by atoms with Gasteiger partial charge in [-0.25, -0.2) is 4.39 Å². The molecule has 1 fully saturated rings. The molecule has 3 rings (SSSR count). The molecule has 0 atom stereocenters. The Labute approximate surface area is 136 Å². The Morgan fingerprint density at radius 3 is 2.39 bits per heavy atom. The molecule has 2 aromatic rings. The molecule has 4 heteroatoms. The molecule has 2 aromatic carbocycles. The summed E-state index contributed by atoms with van der Waals surface area (Å²) in [6.07, 6.45) is 1.03. The van der Waals surface area contributed by atoms with Crippen LogP contribution in [0.3, 0.4) is 0 Å². The molecule has 3 nitrogen and oxygen atoms in total. The predicted molar refractivity (Wildman–Crippen MR) is 88.9 cm³/mol. The minimum atomic E-state index is -0.364. The number of hydrogen-bond acceptors (Lipinski definition) is 2. The maximum Gasteiger partial charge on any atom is 0.254 e. The highest BCUT2D eigenvalue weighted by Gasteiger charge is 2.22. The highest BCUT2D eigenvalue weighted by Crippen LogP contribution is 2.11. The molecule has 1 heterocycles. The van der Waals surface area contributed by atoms with Crippen LogP contribution in [0.15, 0.2) is 54.6 Å². The average Bonchev–Trinajstić information content (AvgIpc) is 2.61. The van der Waals surface area contributed by atoms with Crippen molar-refractivity contribution in [2.45, 2.75) is 6.42 Å². The Balaban J connectivity index is 1.49. The second kappa shape index (κ2) is 7.38. The quantitative estimate of drug-likeness (QED) is 0.867. The number of rotatable bonds is 4. The topological polar surface area (TPSA) is 23.6 Å². The van der Waals surface area contributed by atoms with Gasteiger partial charge in [0.15, 0.2) is 0 Å². The first-order chi connectivity index (χ1) is 11.2. The molecule has 120 valence electrons. The predicted octanol–water partition coefficient (Wildman–Crippen LogP) is 2.83. The summed E-state index contributed by atoms with van der Waals surface area (Å²) in [5, 5.41) is 0. The molecule has 1 amide bonds. The van der Waals surface area contributed by atoms with E-state index < -0.39 is 0 Å². The van der Waals surface area contributed by atoms with Gasteiger partial charge in [0.25, 0.3) is 5.91 Å². The third kappa shape index (κ3) is 4.17. The molecule has 0 unspecified atom stereocenters. The van der Waals surface area contributed by atoms with Crippen LogP contribution in [0.2, 0.25) is 0 Å². The summed E-state index contributed by atoms with van der Waals surface area (Å²) in [6.45, 7) is 4.14. The summed E-state index contributed by atoms with van der Waals surface area (Å²) in [5.41, 5.74) is 1.77. The monoisotopic (exact) mass is 312 g/mol. The van der Waals surface area contributed by atoms with Crippen LogP contribution in [0, 0.1) is 5.82 Å². The molecular weight excluding hydrogens is 291 g/mol. The fourth-order valence-corrected chi connectivity index (χ4v) is 2.91. The highest BCUT2D eigenvalue weighted by molar-refractivity contribution is 5.94. The van der Waals surface area contributed by atoms with E-state index in [-0.39, 0.29) is 11.7 Å². The molecule has 0 N–H and O–H groups in total. The van der Waals surface area contributed by atoms with Crippen molar-refractivity contribution in [3.05, 3.63) is 71.5 Å². The lowest BCUT2D eigenvalue weighted by Gasteiger charge is -2.34. The zero-order valence-corrected chi connectivity index (χ0v) is 13.1. The first kappa shape index (κ1) is 15.7. The lowest BCUT2D eigenvalue weighted by atomic mass is 10.1. The van der Waals surface area contributed by atoms with Gasteiger partial charge in [-0.1, -0.05) is 36.4 Å². The summed E-state index contributed by atoms with van der Waals surface area (Å²) in [4.78, 5) is 16.6. The van der Waals surface area contributed by atoms with Crippen LogP contribution in [0.5, 0.6) is 0 Å². The van der Waals surface area contributed by atoms with Gasteiger partial charge in [0, 0.05) is 38.3 Å². The maximum atomic E-state index is 13.2. The number of piperazine rings is 1. The van der Waals surface area contributed by atoms with E-state index in [0.29, 0.717) is 18.7 Å². The lowest BCUT2D eigenvalue weighted by molar-refractivity contribution is 0.0638. The SMILES string of the molecule is O=C(c1cccc(F)c1)N1CCN(CCc2ccccc2)CC1. The van der Waals surface area contributed by atoms with Gasteiger partial charge in [-0.05, 0) is 30.2 Å². The van der Waals surface area contributed by atoms with Crippen LogP contribution in [0.4, 0.5) is 4.39 Å². The van der Waals surface area contributed by atoms with Gasteiger partial charge in [0.05, 0.1) is 0 Å². The van der Waals surface area contributed by atoms with E-state index in [1.54, 1.807) is 12.1 Å². The summed E-state index contributed by atoms with van der Waals surface area (Å²) < 4.78 is 13.2. The van der Waals surface area contributed by atoms with Gasteiger partial charge in [0.1, 0.15) is 5.82 Å². The van der Waals surface area contributed by atoms with Crippen LogP contribution < -0.4 is 0 Å². The Morgan fingerprint density at radius 2 is 1.70 bits per heavy atom. The normalized spacial score (nSPS) is 15.6. The number of carbonyl (C=O) groups is 1. The second-order valence-corrected chi connectivity index (χ2v) is 5.88. The largest absolute Gasteiger partial charge is 0.336 e. The van der Waals surface area contributed by atoms with Gasteiger partial charge in [-0.15, -0.1) is 0 Å². The molecule has 0 bridgehead atoms. The van der Waals surface area contributed by atoms with Gasteiger partial charge in [-0.2, -0.15) is 0 Å². The average molecular weight is 312 g/mol. The molecule has 0 aliphatic carbocycles. The summed E-state index contributed by atoms with van der Waals surface area (Å²) in [5.74, 6) is -0.440. The van der Waals surface area contributed by atoms with Crippen LogP contribution in [-0.2, 0) is 6.42 Å². The van der Waals surface area contributed by atoms with E-state index in [9.17, 15) is 9.18 Å². The number of benzene rings is 2. The Kier molecular flexibility index (Phi) is 5.03. The first-order valence-electron chi connectivity index (χ1n) is 8.03. The molecule has 1 aliphatic rings. The van der Waals surface area contributed by atoms with E-state index in [2.05, 4.69) is 29.2 Å². The maximum absolute atomic E-state index is 13.2. The molecule has 0 saturated carbocycles. The van der Waals surface area contributed by atoms with E-state index in [1.165, 1.54) is 17.7 Å². The molecule has 0 spiro atoms. The van der Waals surface area contributed by atoms with Crippen LogP contribution in [0.1, 0.15) is 15.9 Å². The Hall–Kier alpha value is -2.20. The van der Waals surface area contributed by atoms with Crippen molar-refractivity contribution in [1.29, 1.82) is 0 Å². The summed E-state index contributed by atoms with van der Waals surface area (Å²) in [7, 11) is 0. The molecule has 1 aliphatic heterocycles. The van der Waals surface area contributed by atoms with Crippen molar-refractivity contribution in [3.63, 3.8) is 0 Å². The lowest BCUT2D eigenvalue weighted by Crippen LogP contribution is -2.49. The van der Waals surface area contributed by atoms with Crippen molar-refractivity contribution < 1.29 is 9.18 Å². The number of halogens is 1. The van der Waals surface area contributed by atoms with E-state index in [4.69, 9.17) is 0 Å². The van der Waals surface area contributed by atoms with Crippen LogP contribution >= 0.6 is 0 Å². The zero-order chi connectivity index (χ0) is 16.1. The molecule has 23 heavy (non-hydrogen) atoms. The molecule has 0 radical (unpaired) electrons. The van der Waals surface area contributed by atoms with Crippen molar-refractivity contribution >= 4 is 5.91 Å². The third-order valence-electron chi connectivity index (χ3n) is 4.29. The standard InChI is InChI=1S/C19H21FN2O/c20-18-8-4-7-17(15-18)19(23)22-13-11-21(12-14-22)10-9-16-5-2-1-3-6-16/h1-8,15H,9-14H2. The number of nitrogens with zero attached hydrogens (tertiary/aromatic N) is 2. The number of amides is 1. The number of carbonyl (C=O) groups excluding carboxylic acids is 1. The third-order valence-corrected chi connectivity index (χ3v) is 4.29. The first-order valence-corrected chi connectivity index (χ1v) is 8.03. The van der Waals surface area contributed by atoms with Crippen LogP contribution in [-0.4, -0.2) is 48.4 Å².